The number of nitrogens with zero attached hydrogens (tertiary/aromatic N) is 1. The van der Waals surface area contributed by atoms with Gasteiger partial charge >= 0.3 is 0 Å². The summed E-state index contributed by atoms with van der Waals surface area (Å²) >= 11 is 0. The maximum Gasteiger partial charge on any atom is 0.245 e. The third-order valence-electron chi connectivity index (χ3n) is 10.7. The van der Waals surface area contributed by atoms with Gasteiger partial charge in [0.15, 0.2) is 0 Å². The molecule has 51 heavy (non-hydrogen) atoms. The van der Waals surface area contributed by atoms with E-state index in [9.17, 15) is 14.4 Å². The summed E-state index contributed by atoms with van der Waals surface area (Å²) in [6, 6.07) is -0.668. The van der Waals surface area contributed by atoms with Gasteiger partial charge in [0, 0.05) is 25.9 Å². The van der Waals surface area contributed by atoms with Crippen LogP contribution in [0.5, 0.6) is 0 Å². The minimum atomic E-state index is -0.668. The van der Waals surface area contributed by atoms with Gasteiger partial charge in [-0.25, -0.2) is 0 Å². The van der Waals surface area contributed by atoms with Gasteiger partial charge in [0.2, 0.25) is 17.7 Å². The van der Waals surface area contributed by atoms with Crippen LogP contribution in [-0.4, -0.2) is 41.8 Å². The number of hydrogen-bond acceptors (Lipinski definition) is 3. The highest BCUT2D eigenvalue weighted by molar-refractivity contribution is 5.88. The second-order valence-corrected chi connectivity index (χ2v) is 15.8. The van der Waals surface area contributed by atoms with Crippen LogP contribution in [0.3, 0.4) is 0 Å². The Kier molecular flexibility index (Phi) is 38.4. The Morgan fingerprint density at radius 1 is 0.431 bits per heavy atom. The van der Waals surface area contributed by atoms with Crippen LogP contribution in [0.4, 0.5) is 0 Å². The topological polar surface area (TPSA) is 92.5 Å². The van der Waals surface area contributed by atoms with Crippen molar-refractivity contribution >= 4 is 17.7 Å². The second-order valence-electron chi connectivity index (χ2n) is 15.8. The van der Waals surface area contributed by atoms with E-state index in [0.29, 0.717) is 6.42 Å². The van der Waals surface area contributed by atoms with E-state index in [1.807, 2.05) is 4.90 Å². The van der Waals surface area contributed by atoms with E-state index in [1.165, 1.54) is 167 Å². The first-order valence-electron chi connectivity index (χ1n) is 22.8. The van der Waals surface area contributed by atoms with Crippen molar-refractivity contribution in [3.63, 3.8) is 0 Å². The first kappa shape index (κ1) is 49.4. The maximum atomic E-state index is 13.9. The molecule has 302 valence electrons. The van der Waals surface area contributed by atoms with Crippen LogP contribution in [0, 0.1) is 0 Å². The number of nitrogens with one attached hydrogen (secondary N) is 1. The molecular formula is C45H89N3O3. The monoisotopic (exact) mass is 720 g/mol. The molecule has 0 radical (unpaired) electrons. The molecule has 1 atom stereocenters. The molecule has 6 nitrogen and oxygen atoms in total. The number of amides is 3. The van der Waals surface area contributed by atoms with Gasteiger partial charge in [-0.1, -0.05) is 213 Å². The van der Waals surface area contributed by atoms with E-state index < -0.39 is 11.9 Å². The van der Waals surface area contributed by atoms with Crippen molar-refractivity contribution in [2.24, 2.45) is 5.73 Å². The molecule has 0 bridgehead atoms. The van der Waals surface area contributed by atoms with Crippen LogP contribution in [0.2, 0.25) is 0 Å². The molecule has 0 aromatic rings. The summed E-state index contributed by atoms with van der Waals surface area (Å²) in [4.78, 5) is 40.6. The normalized spacial score (nSPS) is 11.9. The molecule has 3 amide bonds. The molecule has 0 rings (SSSR count). The number of rotatable bonds is 41. The molecule has 0 aromatic carbocycles. The lowest BCUT2D eigenvalue weighted by molar-refractivity contribution is -0.137. The molecule has 0 saturated carbocycles. The zero-order chi connectivity index (χ0) is 37.5. The lowest BCUT2D eigenvalue weighted by atomic mass is 10.0. The Morgan fingerprint density at radius 3 is 1.04 bits per heavy atom. The van der Waals surface area contributed by atoms with Crippen LogP contribution in [0.25, 0.3) is 0 Å². The fourth-order valence-electron chi connectivity index (χ4n) is 7.25. The molecule has 3 N–H and O–H groups in total. The highest BCUT2D eigenvalue weighted by Gasteiger charge is 2.26. The van der Waals surface area contributed by atoms with E-state index >= 15 is 0 Å². The Labute approximate surface area is 318 Å². The first-order chi connectivity index (χ1) is 25.0. The van der Waals surface area contributed by atoms with Gasteiger partial charge in [0.25, 0.3) is 0 Å². The van der Waals surface area contributed by atoms with Crippen molar-refractivity contribution in [2.75, 3.05) is 13.1 Å². The number of unbranched alkanes of at least 4 members (excludes halogenated alkanes) is 30. The Morgan fingerprint density at radius 2 is 0.725 bits per heavy atom. The van der Waals surface area contributed by atoms with E-state index in [2.05, 4.69) is 26.1 Å². The summed E-state index contributed by atoms with van der Waals surface area (Å²) in [6.07, 6.45) is 42.6. The SMILES string of the molecule is CCCCCCCCCCCCCCN(CCCCCCCCCCCCCC)C(=O)[C@H](CCC(N)=O)NC(=O)CCCCCCCCCCC. The average Bonchev–Trinajstić information content (AvgIpc) is 3.12. The molecule has 6 heteroatoms. The molecule has 0 heterocycles. The van der Waals surface area contributed by atoms with Crippen molar-refractivity contribution < 1.29 is 14.4 Å². The summed E-state index contributed by atoms with van der Waals surface area (Å²) < 4.78 is 0. The third kappa shape index (κ3) is 35.2. The molecule has 0 aliphatic heterocycles. The Hall–Kier alpha value is -1.59. The molecule has 0 fully saturated rings. The molecule has 0 aliphatic rings. The van der Waals surface area contributed by atoms with Gasteiger partial charge in [-0.15, -0.1) is 0 Å². The number of carbonyl (C=O) groups excluding carboxylic acids is 3. The van der Waals surface area contributed by atoms with Gasteiger partial charge in [-0.2, -0.15) is 0 Å². The van der Waals surface area contributed by atoms with Crippen molar-refractivity contribution in [1.82, 2.24) is 10.2 Å². The van der Waals surface area contributed by atoms with Gasteiger partial charge in [0.1, 0.15) is 6.04 Å². The summed E-state index contributed by atoms with van der Waals surface area (Å²) in [5.74, 6) is -0.520. The minimum absolute atomic E-state index is 0.0252. The van der Waals surface area contributed by atoms with E-state index in [1.54, 1.807) is 0 Å². The molecular weight excluding hydrogens is 631 g/mol. The molecule has 0 aliphatic carbocycles. The van der Waals surface area contributed by atoms with Gasteiger partial charge in [-0.3, -0.25) is 14.4 Å². The molecule has 0 unspecified atom stereocenters. The fourth-order valence-corrected chi connectivity index (χ4v) is 7.25. The van der Waals surface area contributed by atoms with Gasteiger partial charge in [-0.05, 0) is 25.7 Å². The first-order valence-corrected chi connectivity index (χ1v) is 22.8. The second kappa shape index (κ2) is 39.6. The van der Waals surface area contributed by atoms with Crippen molar-refractivity contribution in [3.8, 4) is 0 Å². The van der Waals surface area contributed by atoms with Crippen LogP contribution in [0.15, 0.2) is 0 Å². The zero-order valence-corrected chi connectivity index (χ0v) is 34.7. The van der Waals surface area contributed by atoms with E-state index in [-0.39, 0.29) is 24.7 Å². The molecule has 0 spiro atoms. The highest BCUT2D eigenvalue weighted by Crippen LogP contribution is 2.16. The summed E-state index contributed by atoms with van der Waals surface area (Å²) in [6.45, 7) is 8.25. The largest absolute Gasteiger partial charge is 0.370 e. The highest BCUT2D eigenvalue weighted by atomic mass is 16.2. The lowest BCUT2D eigenvalue weighted by Gasteiger charge is -2.28. The van der Waals surface area contributed by atoms with Gasteiger partial charge < -0.3 is 16.0 Å². The predicted octanol–water partition coefficient (Wildman–Crippen LogP) is 12.9. The van der Waals surface area contributed by atoms with Crippen LogP contribution >= 0.6 is 0 Å². The quantitative estimate of drug-likeness (QED) is 0.0616. The summed E-state index contributed by atoms with van der Waals surface area (Å²) in [5.41, 5.74) is 5.50. The maximum absolute atomic E-state index is 13.9. The fraction of sp³-hybridized carbons (Fsp3) is 0.933. The summed E-state index contributed by atoms with van der Waals surface area (Å²) in [5, 5.41) is 3.03. The van der Waals surface area contributed by atoms with Crippen LogP contribution in [-0.2, 0) is 14.4 Å². The minimum Gasteiger partial charge on any atom is -0.370 e. The Bertz CT molecular complexity index is 746. The summed E-state index contributed by atoms with van der Waals surface area (Å²) in [7, 11) is 0. The van der Waals surface area contributed by atoms with Crippen molar-refractivity contribution in [3.05, 3.63) is 0 Å². The zero-order valence-electron chi connectivity index (χ0n) is 34.7. The van der Waals surface area contributed by atoms with Gasteiger partial charge in [0.05, 0.1) is 0 Å². The number of hydrogen-bond donors (Lipinski definition) is 2. The Balaban J connectivity index is 4.81. The third-order valence-corrected chi connectivity index (χ3v) is 10.7. The van der Waals surface area contributed by atoms with Crippen molar-refractivity contribution in [2.45, 2.75) is 258 Å². The predicted molar refractivity (Wildman–Crippen MR) is 221 cm³/mol. The van der Waals surface area contributed by atoms with Crippen molar-refractivity contribution in [1.29, 1.82) is 0 Å². The van der Waals surface area contributed by atoms with E-state index in [0.717, 1.165) is 58.0 Å². The standard InChI is InChI=1S/C45H89N3O3/c1-4-7-10-13-16-19-21-23-26-29-32-35-40-48(41-36-33-30-27-24-22-20-17-14-11-8-5-2)45(51)42(38-39-43(46)49)47-44(50)37-34-31-28-25-18-15-12-9-6-3/h42H,4-41H2,1-3H3,(H2,46,49)(H,47,50)/t42-/m0/s1. The molecule has 0 aromatic heterocycles. The molecule has 0 saturated heterocycles. The van der Waals surface area contributed by atoms with Crippen LogP contribution in [0.1, 0.15) is 252 Å². The number of nitrogens with two attached hydrogens (primary N) is 1. The number of primary amides is 1. The number of carbonyl (C=O) groups is 3. The smallest absolute Gasteiger partial charge is 0.245 e. The van der Waals surface area contributed by atoms with E-state index in [4.69, 9.17) is 5.73 Å². The lowest BCUT2D eigenvalue weighted by Crippen LogP contribution is -2.49. The average molecular weight is 720 g/mol. The van der Waals surface area contributed by atoms with Crippen LogP contribution < -0.4 is 11.1 Å².